The predicted octanol–water partition coefficient (Wildman–Crippen LogP) is 4.19. The van der Waals surface area contributed by atoms with Crippen LogP contribution in [0.5, 0.6) is 0 Å². The van der Waals surface area contributed by atoms with Gasteiger partial charge in [0.25, 0.3) is 0 Å². The van der Waals surface area contributed by atoms with Gasteiger partial charge in [-0.05, 0) is 45.7 Å². The average molecular weight is 312 g/mol. The lowest BCUT2D eigenvalue weighted by molar-refractivity contribution is -0.137. The molecule has 0 aliphatic rings. The number of hydrogen-bond acceptors (Lipinski definition) is 3. The lowest BCUT2D eigenvalue weighted by Crippen LogP contribution is -1.99. The Morgan fingerprint density at radius 3 is 2.91 bits per heavy atom. The van der Waals surface area contributed by atoms with Crippen molar-refractivity contribution in [2.75, 3.05) is 6.61 Å². The third-order valence-electron chi connectivity index (χ3n) is 3.71. The van der Waals surface area contributed by atoms with Gasteiger partial charge in [-0.1, -0.05) is 29.9 Å². The van der Waals surface area contributed by atoms with E-state index in [0.29, 0.717) is 6.61 Å². The molecule has 0 amide bonds. The summed E-state index contributed by atoms with van der Waals surface area (Å²) in [6.45, 7) is 7.19. The van der Waals surface area contributed by atoms with Crippen LogP contribution < -0.4 is 0 Å². The van der Waals surface area contributed by atoms with E-state index in [-0.39, 0.29) is 5.97 Å². The van der Waals surface area contributed by atoms with E-state index < -0.39 is 0 Å². The van der Waals surface area contributed by atoms with Crippen molar-refractivity contribution in [1.82, 2.24) is 9.55 Å². The highest BCUT2D eigenvalue weighted by atomic mass is 16.5. The van der Waals surface area contributed by atoms with Gasteiger partial charge < -0.3 is 9.30 Å². The molecule has 1 aromatic heterocycles. The molecule has 122 valence electrons. The van der Waals surface area contributed by atoms with Crippen molar-refractivity contribution in [3.63, 3.8) is 0 Å². The van der Waals surface area contributed by atoms with Gasteiger partial charge in [0.1, 0.15) is 5.82 Å². The second-order valence-corrected chi connectivity index (χ2v) is 5.50. The number of allylic oxidation sites excluding steroid dienone is 3. The molecule has 0 fully saturated rings. The Morgan fingerprint density at radius 1 is 1.35 bits per heavy atom. The maximum atomic E-state index is 11.2. The second kappa shape index (κ2) is 8.32. The maximum Gasteiger partial charge on any atom is 0.330 e. The number of carbonyl (C=O) groups excluding carboxylic acids is 1. The Morgan fingerprint density at radius 2 is 2.13 bits per heavy atom. The van der Waals surface area contributed by atoms with E-state index in [9.17, 15) is 4.79 Å². The highest BCUT2D eigenvalue weighted by molar-refractivity contribution is 5.81. The van der Waals surface area contributed by atoms with Gasteiger partial charge in [0.15, 0.2) is 0 Å². The fourth-order valence-electron chi connectivity index (χ4n) is 2.46. The first kappa shape index (κ1) is 17.0. The highest BCUT2D eigenvalue weighted by Crippen LogP contribution is 2.16. The summed E-state index contributed by atoms with van der Waals surface area (Å²) >= 11 is 0. The third kappa shape index (κ3) is 4.81. The topological polar surface area (TPSA) is 44.1 Å². The lowest BCUT2D eigenvalue weighted by Gasteiger charge is -2.05. The number of nitrogens with zero attached hydrogens (tertiary/aromatic N) is 2. The number of hydrogen-bond donors (Lipinski definition) is 0. The SMILES string of the molecule is CCOC(=O)/C=C/CC/C(C)=C/Cn1c(C)nc2ccccc21. The minimum atomic E-state index is -0.269. The van der Waals surface area contributed by atoms with Gasteiger partial charge in [0, 0.05) is 12.6 Å². The zero-order chi connectivity index (χ0) is 16.7. The van der Waals surface area contributed by atoms with Crippen molar-refractivity contribution in [1.29, 1.82) is 0 Å². The first-order chi connectivity index (χ1) is 11.1. The van der Waals surface area contributed by atoms with Crippen molar-refractivity contribution >= 4 is 17.0 Å². The lowest BCUT2D eigenvalue weighted by atomic mass is 10.1. The summed E-state index contributed by atoms with van der Waals surface area (Å²) < 4.78 is 7.06. The van der Waals surface area contributed by atoms with Gasteiger partial charge >= 0.3 is 5.97 Å². The molecule has 1 aromatic carbocycles. The van der Waals surface area contributed by atoms with Crippen LogP contribution in [0.15, 0.2) is 48.1 Å². The van der Waals surface area contributed by atoms with Gasteiger partial charge in [0.05, 0.1) is 17.6 Å². The average Bonchev–Trinajstić information content (AvgIpc) is 2.85. The fourth-order valence-corrected chi connectivity index (χ4v) is 2.46. The number of aryl methyl sites for hydroxylation is 1. The zero-order valence-electron chi connectivity index (χ0n) is 14.1. The number of rotatable bonds is 7. The van der Waals surface area contributed by atoms with Crippen molar-refractivity contribution in [2.24, 2.45) is 0 Å². The summed E-state index contributed by atoms with van der Waals surface area (Å²) in [5, 5.41) is 0. The van der Waals surface area contributed by atoms with E-state index in [1.165, 1.54) is 11.6 Å². The molecule has 4 heteroatoms. The number of aromatic nitrogens is 2. The number of ether oxygens (including phenoxy) is 1. The van der Waals surface area contributed by atoms with Crippen LogP contribution in [0.1, 0.15) is 32.5 Å². The summed E-state index contributed by atoms with van der Waals surface area (Å²) in [6.07, 6.45) is 7.36. The van der Waals surface area contributed by atoms with Crippen LogP contribution >= 0.6 is 0 Å². The molecule has 0 spiro atoms. The number of imidazole rings is 1. The molecule has 1 heterocycles. The Kier molecular flexibility index (Phi) is 6.15. The standard InChI is InChI=1S/C19H24N2O2/c1-4-23-19(22)12-8-5-9-15(2)13-14-21-16(3)20-17-10-6-7-11-18(17)21/h6-8,10-13H,4-5,9,14H2,1-3H3/b12-8+,15-13+. The molecule has 4 nitrogen and oxygen atoms in total. The van der Waals surface area contributed by atoms with E-state index in [1.807, 2.05) is 31.2 Å². The van der Waals surface area contributed by atoms with Crippen LogP contribution in [0, 0.1) is 6.92 Å². The van der Waals surface area contributed by atoms with Crippen molar-refractivity contribution in [3.8, 4) is 0 Å². The quantitative estimate of drug-likeness (QED) is 0.437. The number of esters is 1. The molecular weight excluding hydrogens is 288 g/mol. The first-order valence-electron chi connectivity index (χ1n) is 8.02. The largest absolute Gasteiger partial charge is 0.463 e. The highest BCUT2D eigenvalue weighted by Gasteiger charge is 2.04. The minimum absolute atomic E-state index is 0.269. The maximum absolute atomic E-state index is 11.2. The van der Waals surface area contributed by atoms with Gasteiger partial charge in [-0.15, -0.1) is 0 Å². The molecule has 0 bridgehead atoms. The van der Waals surface area contributed by atoms with Crippen molar-refractivity contribution in [2.45, 2.75) is 40.2 Å². The Hall–Kier alpha value is -2.36. The third-order valence-corrected chi connectivity index (χ3v) is 3.71. The molecule has 2 aromatic rings. The van der Waals surface area contributed by atoms with Gasteiger partial charge in [0.2, 0.25) is 0 Å². The summed E-state index contributed by atoms with van der Waals surface area (Å²) in [6, 6.07) is 8.18. The molecule has 0 aliphatic heterocycles. The molecular formula is C19H24N2O2. The predicted molar refractivity (Wildman–Crippen MR) is 93.2 cm³/mol. The molecule has 0 atom stereocenters. The summed E-state index contributed by atoms with van der Waals surface area (Å²) in [7, 11) is 0. The molecule has 0 aliphatic carbocycles. The first-order valence-corrected chi connectivity index (χ1v) is 8.02. The van der Waals surface area contributed by atoms with Crippen molar-refractivity contribution < 1.29 is 9.53 Å². The van der Waals surface area contributed by atoms with E-state index in [2.05, 4.69) is 28.6 Å². The number of para-hydroxylation sites is 2. The Bertz CT molecular complexity index is 726. The smallest absolute Gasteiger partial charge is 0.330 e. The van der Waals surface area contributed by atoms with Gasteiger partial charge in [-0.25, -0.2) is 9.78 Å². The summed E-state index contributed by atoms with van der Waals surface area (Å²) in [4.78, 5) is 15.8. The van der Waals surface area contributed by atoms with Gasteiger partial charge in [-0.3, -0.25) is 0 Å². The van der Waals surface area contributed by atoms with Gasteiger partial charge in [-0.2, -0.15) is 0 Å². The second-order valence-electron chi connectivity index (χ2n) is 5.50. The summed E-state index contributed by atoms with van der Waals surface area (Å²) in [5.74, 6) is 0.757. The molecule has 0 saturated carbocycles. The molecule has 0 radical (unpaired) electrons. The van der Waals surface area contributed by atoms with E-state index in [4.69, 9.17) is 4.74 Å². The number of fused-ring (bicyclic) bond motifs is 1. The number of benzene rings is 1. The van der Waals surface area contributed by atoms with Crippen molar-refractivity contribution in [3.05, 3.63) is 53.9 Å². The molecule has 23 heavy (non-hydrogen) atoms. The monoisotopic (exact) mass is 312 g/mol. The molecule has 0 saturated heterocycles. The minimum Gasteiger partial charge on any atom is -0.463 e. The van der Waals surface area contributed by atoms with E-state index in [1.54, 1.807) is 6.92 Å². The molecule has 2 rings (SSSR count). The van der Waals surface area contributed by atoms with E-state index >= 15 is 0 Å². The van der Waals surface area contributed by atoms with E-state index in [0.717, 1.165) is 36.2 Å². The van der Waals surface area contributed by atoms with Crippen LogP contribution in [-0.4, -0.2) is 22.1 Å². The molecule has 0 N–H and O–H groups in total. The normalized spacial score (nSPS) is 12.2. The number of carbonyl (C=O) groups is 1. The van der Waals surface area contributed by atoms with Crippen LogP contribution in [0.25, 0.3) is 11.0 Å². The zero-order valence-corrected chi connectivity index (χ0v) is 14.1. The Balaban J connectivity index is 1.91. The Labute approximate surface area is 137 Å². The molecule has 0 unspecified atom stereocenters. The summed E-state index contributed by atoms with van der Waals surface area (Å²) in [5.41, 5.74) is 3.50. The van der Waals surface area contributed by atoms with Crippen LogP contribution in [0.4, 0.5) is 0 Å². The van der Waals surface area contributed by atoms with Crippen LogP contribution in [0.2, 0.25) is 0 Å². The fraction of sp³-hybridized carbons (Fsp3) is 0.368. The van der Waals surface area contributed by atoms with Crippen LogP contribution in [-0.2, 0) is 16.1 Å². The van der Waals surface area contributed by atoms with Crippen LogP contribution in [0.3, 0.4) is 0 Å².